The molecule has 3 N–H and O–H groups in total. The van der Waals surface area contributed by atoms with Crippen molar-refractivity contribution in [2.75, 3.05) is 39.3 Å². The summed E-state index contributed by atoms with van der Waals surface area (Å²) in [7, 11) is -3.56. The summed E-state index contributed by atoms with van der Waals surface area (Å²) < 4.78 is 27.6. The second-order valence-corrected chi connectivity index (χ2v) is 7.78. The largest absolute Gasteiger partial charge is 0.322 e. The van der Waals surface area contributed by atoms with Gasteiger partial charge >= 0.3 is 0 Å². The summed E-state index contributed by atoms with van der Waals surface area (Å²) in [4.78, 5) is 16.6. The van der Waals surface area contributed by atoms with E-state index in [0.717, 1.165) is 37.1 Å². The standard InChI is InChI=1S/C16H22N4O3S/c1-12-10-16(21)19-15-3-2-13(11-14(12)15)24(22,23)18-6-9-20-7-4-17-5-8-20/h2-3,10-11,17-18H,4-9H2,1H3,(H,19,21). The molecule has 24 heavy (non-hydrogen) atoms. The number of aromatic nitrogens is 1. The molecule has 0 saturated carbocycles. The van der Waals surface area contributed by atoms with E-state index in [1.165, 1.54) is 12.1 Å². The highest BCUT2D eigenvalue weighted by molar-refractivity contribution is 7.89. The molecule has 0 amide bonds. The van der Waals surface area contributed by atoms with Gasteiger partial charge in [0.05, 0.1) is 4.90 Å². The zero-order chi connectivity index (χ0) is 17.2. The number of hydrogen-bond donors (Lipinski definition) is 3. The van der Waals surface area contributed by atoms with Crippen LogP contribution in [0.3, 0.4) is 0 Å². The predicted molar refractivity (Wildman–Crippen MR) is 93.8 cm³/mol. The van der Waals surface area contributed by atoms with Crippen molar-refractivity contribution in [1.82, 2.24) is 19.9 Å². The maximum atomic E-state index is 12.5. The molecule has 1 saturated heterocycles. The van der Waals surface area contributed by atoms with Gasteiger partial charge in [0.1, 0.15) is 0 Å². The van der Waals surface area contributed by atoms with Crippen LogP contribution in [0, 0.1) is 6.92 Å². The third-order valence-electron chi connectivity index (χ3n) is 4.26. The third-order valence-corrected chi connectivity index (χ3v) is 5.72. The van der Waals surface area contributed by atoms with Crippen LogP contribution in [0.15, 0.2) is 34.0 Å². The normalized spacial score (nSPS) is 16.5. The van der Waals surface area contributed by atoms with E-state index in [-0.39, 0.29) is 10.5 Å². The number of aromatic amines is 1. The predicted octanol–water partition coefficient (Wildman–Crippen LogP) is 0.0200. The molecule has 0 aliphatic carbocycles. The van der Waals surface area contributed by atoms with E-state index in [1.807, 2.05) is 0 Å². The number of rotatable bonds is 5. The number of benzene rings is 1. The van der Waals surface area contributed by atoms with Gasteiger partial charge in [-0.05, 0) is 30.7 Å². The number of nitrogens with zero attached hydrogens (tertiary/aromatic N) is 1. The van der Waals surface area contributed by atoms with E-state index in [4.69, 9.17) is 0 Å². The monoisotopic (exact) mass is 350 g/mol. The first-order valence-electron chi connectivity index (χ1n) is 8.02. The molecule has 130 valence electrons. The minimum atomic E-state index is -3.56. The summed E-state index contributed by atoms with van der Waals surface area (Å²) in [5, 5.41) is 4.00. The molecule has 0 spiro atoms. The minimum absolute atomic E-state index is 0.190. The zero-order valence-electron chi connectivity index (χ0n) is 13.6. The lowest BCUT2D eigenvalue weighted by Gasteiger charge is -2.27. The van der Waals surface area contributed by atoms with Crippen molar-refractivity contribution in [1.29, 1.82) is 0 Å². The molecule has 2 aromatic rings. The van der Waals surface area contributed by atoms with Crippen LogP contribution in [0.2, 0.25) is 0 Å². The van der Waals surface area contributed by atoms with E-state index < -0.39 is 10.0 Å². The van der Waals surface area contributed by atoms with Gasteiger partial charge < -0.3 is 10.3 Å². The summed E-state index contributed by atoms with van der Waals surface area (Å²) in [6.45, 7) is 6.62. The Labute approximate surface area is 141 Å². The van der Waals surface area contributed by atoms with Crippen LogP contribution in [0.1, 0.15) is 5.56 Å². The van der Waals surface area contributed by atoms with Crippen molar-refractivity contribution in [3.63, 3.8) is 0 Å². The highest BCUT2D eigenvalue weighted by Crippen LogP contribution is 2.19. The SMILES string of the molecule is Cc1cc(=O)[nH]c2ccc(S(=O)(=O)NCCN3CCNCC3)cc12. The first kappa shape index (κ1) is 17.1. The average molecular weight is 350 g/mol. The summed E-state index contributed by atoms with van der Waals surface area (Å²) in [6, 6.07) is 6.23. The van der Waals surface area contributed by atoms with E-state index >= 15 is 0 Å². The van der Waals surface area contributed by atoms with Crippen molar-refractivity contribution in [2.45, 2.75) is 11.8 Å². The number of sulfonamides is 1. The number of hydrogen-bond acceptors (Lipinski definition) is 5. The van der Waals surface area contributed by atoms with Crippen molar-refractivity contribution in [2.24, 2.45) is 0 Å². The van der Waals surface area contributed by atoms with Crippen LogP contribution < -0.4 is 15.6 Å². The van der Waals surface area contributed by atoms with Crippen molar-refractivity contribution in [3.8, 4) is 0 Å². The Bertz CT molecular complexity index is 886. The van der Waals surface area contributed by atoms with Gasteiger partial charge in [0.25, 0.3) is 0 Å². The molecule has 0 radical (unpaired) electrons. The molecular formula is C16H22N4O3S. The number of piperazine rings is 1. The fourth-order valence-electron chi connectivity index (χ4n) is 2.93. The Morgan fingerprint density at radius 2 is 1.96 bits per heavy atom. The van der Waals surface area contributed by atoms with Gasteiger partial charge in [0.15, 0.2) is 0 Å². The summed E-state index contributed by atoms with van der Waals surface area (Å²) >= 11 is 0. The maximum absolute atomic E-state index is 12.5. The van der Waals surface area contributed by atoms with E-state index in [1.54, 1.807) is 19.1 Å². The molecular weight excluding hydrogens is 328 g/mol. The van der Waals surface area contributed by atoms with Gasteiger partial charge in [0, 0.05) is 56.2 Å². The fraction of sp³-hybridized carbons (Fsp3) is 0.438. The van der Waals surface area contributed by atoms with Crippen LogP contribution >= 0.6 is 0 Å². The van der Waals surface area contributed by atoms with Crippen LogP contribution in [0.25, 0.3) is 10.9 Å². The summed E-state index contributed by atoms with van der Waals surface area (Å²) in [5.41, 5.74) is 1.20. The molecule has 1 aromatic heterocycles. The van der Waals surface area contributed by atoms with Gasteiger partial charge in [-0.15, -0.1) is 0 Å². The fourth-order valence-corrected chi connectivity index (χ4v) is 3.97. The molecule has 8 heteroatoms. The minimum Gasteiger partial charge on any atom is -0.322 e. The first-order valence-corrected chi connectivity index (χ1v) is 9.50. The average Bonchev–Trinajstić information content (AvgIpc) is 2.55. The third kappa shape index (κ3) is 3.84. The molecule has 1 aliphatic rings. The highest BCUT2D eigenvalue weighted by atomic mass is 32.2. The number of H-pyrrole nitrogens is 1. The number of pyridine rings is 1. The smallest absolute Gasteiger partial charge is 0.248 e. The molecule has 0 atom stereocenters. The van der Waals surface area contributed by atoms with Crippen molar-refractivity contribution < 1.29 is 8.42 Å². The molecule has 2 heterocycles. The first-order chi connectivity index (χ1) is 11.5. The highest BCUT2D eigenvalue weighted by Gasteiger charge is 2.16. The van der Waals surface area contributed by atoms with Crippen LogP contribution in [-0.4, -0.2) is 57.6 Å². The lowest BCUT2D eigenvalue weighted by Crippen LogP contribution is -2.46. The quantitative estimate of drug-likeness (QED) is 0.707. The molecule has 1 fully saturated rings. The molecule has 1 aliphatic heterocycles. The van der Waals surface area contributed by atoms with Crippen LogP contribution in [0.5, 0.6) is 0 Å². The van der Waals surface area contributed by atoms with Crippen molar-refractivity contribution in [3.05, 3.63) is 40.2 Å². The molecule has 0 bridgehead atoms. The Kier molecular flexibility index (Phi) is 5.00. The Balaban J connectivity index is 1.74. The van der Waals surface area contributed by atoms with E-state index in [0.29, 0.717) is 18.6 Å². The van der Waals surface area contributed by atoms with Crippen LogP contribution in [-0.2, 0) is 10.0 Å². The van der Waals surface area contributed by atoms with E-state index in [2.05, 4.69) is 19.9 Å². The summed E-state index contributed by atoms with van der Waals surface area (Å²) in [5.74, 6) is 0. The molecule has 3 rings (SSSR count). The number of nitrogens with one attached hydrogen (secondary N) is 3. The second-order valence-electron chi connectivity index (χ2n) is 6.01. The van der Waals surface area contributed by atoms with Gasteiger partial charge in [-0.25, -0.2) is 13.1 Å². The zero-order valence-corrected chi connectivity index (χ0v) is 14.4. The number of aryl methyl sites for hydroxylation is 1. The lowest BCUT2D eigenvalue weighted by atomic mass is 10.1. The van der Waals surface area contributed by atoms with Gasteiger partial charge in [0.2, 0.25) is 15.6 Å². The Morgan fingerprint density at radius 1 is 1.21 bits per heavy atom. The van der Waals surface area contributed by atoms with E-state index in [9.17, 15) is 13.2 Å². The van der Waals surface area contributed by atoms with Gasteiger partial charge in [-0.2, -0.15) is 0 Å². The molecule has 0 unspecified atom stereocenters. The molecule has 7 nitrogen and oxygen atoms in total. The number of fused-ring (bicyclic) bond motifs is 1. The van der Waals surface area contributed by atoms with Crippen molar-refractivity contribution >= 4 is 20.9 Å². The second kappa shape index (κ2) is 7.02. The maximum Gasteiger partial charge on any atom is 0.248 e. The van der Waals surface area contributed by atoms with Gasteiger partial charge in [-0.1, -0.05) is 0 Å². The van der Waals surface area contributed by atoms with Crippen LogP contribution in [0.4, 0.5) is 0 Å². The topological polar surface area (TPSA) is 94.3 Å². The Hall–Kier alpha value is -1.74. The lowest BCUT2D eigenvalue weighted by molar-refractivity contribution is 0.245. The van der Waals surface area contributed by atoms with Gasteiger partial charge in [-0.3, -0.25) is 9.69 Å². The summed E-state index contributed by atoms with van der Waals surface area (Å²) in [6.07, 6.45) is 0. The Morgan fingerprint density at radius 3 is 2.71 bits per heavy atom. The molecule has 1 aromatic carbocycles.